The molecular formula is C12H14FNO5. The SMILES string of the molecule is CC(Oc1ccccc1F)C(=O)N[C@@H](CO)C(=O)O. The van der Waals surface area contributed by atoms with Crippen molar-refractivity contribution in [3.8, 4) is 5.75 Å². The van der Waals surface area contributed by atoms with Crippen molar-refractivity contribution >= 4 is 11.9 Å². The van der Waals surface area contributed by atoms with Crippen molar-refractivity contribution in [2.24, 2.45) is 0 Å². The molecule has 1 rings (SSSR count). The van der Waals surface area contributed by atoms with Crippen LogP contribution in [0.3, 0.4) is 0 Å². The maximum atomic E-state index is 13.3. The number of amides is 1. The van der Waals surface area contributed by atoms with Gasteiger partial charge in [0.25, 0.3) is 5.91 Å². The average Bonchev–Trinajstić information content (AvgIpc) is 2.37. The van der Waals surface area contributed by atoms with E-state index < -0.39 is 36.4 Å². The lowest BCUT2D eigenvalue weighted by Crippen LogP contribution is -2.48. The van der Waals surface area contributed by atoms with Crippen LogP contribution in [-0.4, -0.2) is 40.8 Å². The number of aliphatic hydroxyl groups excluding tert-OH is 1. The second-order valence-electron chi connectivity index (χ2n) is 3.77. The van der Waals surface area contributed by atoms with Crippen molar-refractivity contribution in [1.29, 1.82) is 0 Å². The molecule has 1 aromatic rings. The minimum atomic E-state index is -1.42. The lowest BCUT2D eigenvalue weighted by Gasteiger charge is -2.17. The number of carboxylic acids is 1. The Kier molecular flexibility index (Phi) is 5.25. The molecule has 104 valence electrons. The zero-order valence-electron chi connectivity index (χ0n) is 10.2. The van der Waals surface area contributed by atoms with Gasteiger partial charge >= 0.3 is 5.97 Å². The van der Waals surface area contributed by atoms with Gasteiger partial charge < -0.3 is 20.3 Å². The van der Waals surface area contributed by atoms with E-state index in [-0.39, 0.29) is 5.75 Å². The normalized spacial score (nSPS) is 13.4. The Morgan fingerprint density at radius 2 is 2.05 bits per heavy atom. The molecule has 0 heterocycles. The van der Waals surface area contributed by atoms with Crippen LogP contribution in [0.5, 0.6) is 5.75 Å². The lowest BCUT2D eigenvalue weighted by molar-refractivity contribution is -0.144. The molecule has 2 atom stereocenters. The molecule has 0 spiro atoms. The van der Waals surface area contributed by atoms with Crippen LogP contribution < -0.4 is 10.1 Å². The second-order valence-corrected chi connectivity index (χ2v) is 3.77. The van der Waals surface area contributed by atoms with Crippen molar-refractivity contribution < 1.29 is 28.9 Å². The van der Waals surface area contributed by atoms with Crippen LogP contribution in [0.15, 0.2) is 24.3 Å². The molecule has 1 unspecified atom stereocenters. The Labute approximate surface area is 108 Å². The smallest absolute Gasteiger partial charge is 0.328 e. The highest BCUT2D eigenvalue weighted by Gasteiger charge is 2.23. The van der Waals surface area contributed by atoms with Crippen LogP contribution in [0.2, 0.25) is 0 Å². The third-order valence-electron chi connectivity index (χ3n) is 2.31. The van der Waals surface area contributed by atoms with Gasteiger partial charge in [-0.25, -0.2) is 9.18 Å². The van der Waals surface area contributed by atoms with Crippen molar-refractivity contribution in [1.82, 2.24) is 5.32 Å². The van der Waals surface area contributed by atoms with Gasteiger partial charge in [-0.1, -0.05) is 12.1 Å². The molecule has 6 nitrogen and oxygen atoms in total. The van der Waals surface area contributed by atoms with Gasteiger partial charge in [-0.05, 0) is 19.1 Å². The number of rotatable bonds is 6. The number of carbonyl (C=O) groups is 2. The highest BCUT2D eigenvalue weighted by atomic mass is 19.1. The van der Waals surface area contributed by atoms with Gasteiger partial charge in [0.1, 0.15) is 6.04 Å². The first-order valence-corrected chi connectivity index (χ1v) is 5.51. The highest BCUT2D eigenvalue weighted by molar-refractivity contribution is 5.86. The fourth-order valence-electron chi connectivity index (χ4n) is 1.26. The number of benzene rings is 1. The highest BCUT2D eigenvalue weighted by Crippen LogP contribution is 2.16. The summed E-state index contributed by atoms with van der Waals surface area (Å²) in [7, 11) is 0. The van der Waals surface area contributed by atoms with Crippen molar-refractivity contribution in [3.05, 3.63) is 30.1 Å². The Balaban J connectivity index is 2.63. The van der Waals surface area contributed by atoms with Gasteiger partial charge in [-0.15, -0.1) is 0 Å². The Morgan fingerprint density at radius 3 is 2.58 bits per heavy atom. The monoisotopic (exact) mass is 271 g/mol. The summed E-state index contributed by atoms with van der Waals surface area (Å²) in [4.78, 5) is 22.2. The van der Waals surface area contributed by atoms with Crippen LogP contribution in [0.4, 0.5) is 4.39 Å². The molecule has 0 aliphatic heterocycles. The van der Waals surface area contributed by atoms with E-state index in [1.165, 1.54) is 31.2 Å². The van der Waals surface area contributed by atoms with Crippen molar-refractivity contribution in [2.45, 2.75) is 19.1 Å². The number of aliphatic carboxylic acids is 1. The molecule has 1 amide bonds. The average molecular weight is 271 g/mol. The predicted molar refractivity (Wildman–Crippen MR) is 63.1 cm³/mol. The number of nitrogens with one attached hydrogen (secondary N) is 1. The van der Waals surface area contributed by atoms with E-state index in [0.717, 1.165) is 0 Å². The van der Waals surface area contributed by atoms with Crippen molar-refractivity contribution in [3.63, 3.8) is 0 Å². The quantitative estimate of drug-likeness (QED) is 0.684. The first-order valence-electron chi connectivity index (χ1n) is 5.51. The summed E-state index contributed by atoms with van der Waals surface area (Å²) in [5, 5.41) is 19.5. The first-order chi connectivity index (χ1) is 8.95. The number of aliphatic hydroxyl groups is 1. The van der Waals surface area contributed by atoms with E-state index >= 15 is 0 Å². The molecule has 19 heavy (non-hydrogen) atoms. The van der Waals surface area contributed by atoms with Gasteiger partial charge in [0, 0.05) is 0 Å². The van der Waals surface area contributed by atoms with E-state index in [1.807, 2.05) is 0 Å². The maximum Gasteiger partial charge on any atom is 0.328 e. The molecule has 0 aliphatic rings. The van der Waals surface area contributed by atoms with Crippen molar-refractivity contribution in [2.75, 3.05) is 6.61 Å². The lowest BCUT2D eigenvalue weighted by atomic mass is 10.2. The Hall–Kier alpha value is -2.15. The third-order valence-corrected chi connectivity index (χ3v) is 2.31. The van der Waals surface area contributed by atoms with E-state index in [2.05, 4.69) is 5.32 Å². The van der Waals surface area contributed by atoms with Gasteiger partial charge in [-0.2, -0.15) is 0 Å². The van der Waals surface area contributed by atoms with Crippen LogP contribution in [0.25, 0.3) is 0 Å². The fraction of sp³-hybridized carbons (Fsp3) is 0.333. The second kappa shape index (κ2) is 6.69. The molecule has 0 aliphatic carbocycles. The number of ether oxygens (including phenoxy) is 1. The van der Waals surface area contributed by atoms with Crippen LogP contribution in [0, 0.1) is 5.82 Å². The molecule has 0 bridgehead atoms. The summed E-state index contributed by atoms with van der Waals surface area (Å²) in [6.07, 6.45) is -1.09. The fourth-order valence-corrected chi connectivity index (χ4v) is 1.26. The number of halogens is 1. The Bertz CT molecular complexity index is 465. The molecule has 1 aromatic carbocycles. The molecule has 0 fully saturated rings. The third kappa shape index (κ3) is 4.22. The summed E-state index contributed by atoms with van der Waals surface area (Å²) in [5.41, 5.74) is 0. The van der Waals surface area contributed by atoms with Gasteiger partial charge in [0.15, 0.2) is 17.7 Å². The first kappa shape index (κ1) is 14.9. The standard InChI is InChI=1S/C12H14FNO5/c1-7(11(16)14-9(6-15)12(17)18)19-10-5-3-2-4-8(10)13/h2-5,7,9,15H,6H2,1H3,(H,14,16)(H,17,18)/t7?,9-/m0/s1. The number of carboxylic acid groups (broad SMARTS) is 1. The Morgan fingerprint density at radius 1 is 1.42 bits per heavy atom. The summed E-state index contributed by atoms with van der Waals surface area (Å²) in [6.45, 7) is 0.603. The van der Waals surface area contributed by atoms with Gasteiger partial charge in [-0.3, -0.25) is 4.79 Å². The topological polar surface area (TPSA) is 95.9 Å². The maximum absolute atomic E-state index is 13.3. The van der Waals surface area contributed by atoms with E-state index in [9.17, 15) is 14.0 Å². The summed E-state index contributed by atoms with van der Waals surface area (Å²) in [6, 6.07) is 4.11. The largest absolute Gasteiger partial charge is 0.480 e. The van der Waals surface area contributed by atoms with Gasteiger partial charge in [0.2, 0.25) is 0 Å². The van der Waals surface area contributed by atoms with E-state index in [1.54, 1.807) is 0 Å². The summed E-state index contributed by atoms with van der Waals surface area (Å²) < 4.78 is 18.3. The number of hydrogen-bond acceptors (Lipinski definition) is 4. The number of carbonyl (C=O) groups excluding carboxylic acids is 1. The van der Waals surface area contributed by atoms with E-state index in [4.69, 9.17) is 14.9 Å². The summed E-state index contributed by atoms with van der Waals surface area (Å²) in [5.74, 6) is -2.86. The molecule has 0 saturated carbocycles. The summed E-state index contributed by atoms with van der Waals surface area (Å²) >= 11 is 0. The van der Waals surface area contributed by atoms with Crippen LogP contribution >= 0.6 is 0 Å². The molecule has 0 aromatic heterocycles. The molecule has 7 heteroatoms. The molecule has 0 radical (unpaired) electrons. The van der Waals surface area contributed by atoms with E-state index in [0.29, 0.717) is 0 Å². The number of para-hydroxylation sites is 1. The molecular weight excluding hydrogens is 257 g/mol. The van der Waals surface area contributed by atoms with Crippen LogP contribution in [0.1, 0.15) is 6.92 Å². The zero-order chi connectivity index (χ0) is 14.4. The minimum Gasteiger partial charge on any atom is -0.480 e. The van der Waals surface area contributed by atoms with Gasteiger partial charge in [0.05, 0.1) is 6.61 Å². The molecule has 0 saturated heterocycles. The predicted octanol–water partition coefficient (Wildman–Crippen LogP) is 0.155. The van der Waals surface area contributed by atoms with Crippen LogP contribution in [-0.2, 0) is 9.59 Å². The number of hydrogen-bond donors (Lipinski definition) is 3. The zero-order valence-corrected chi connectivity index (χ0v) is 10.2. The minimum absolute atomic E-state index is 0.110. The molecule has 3 N–H and O–H groups in total.